The Kier molecular flexibility index (Phi) is 6.12. The number of carbonyl (C=O) groups excluding carboxylic acids is 1. The van der Waals surface area contributed by atoms with Crippen LogP contribution in [0.1, 0.15) is 40.5 Å². The van der Waals surface area contributed by atoms with Gasteiger partial charge in [0.05, 0.1) is 11.9 Å². The van der Waals surface area contributed by atoms with Crippen LogP contribution in [0.3, 0.4) is 0 Å². The monoisotopic (exact) mass is 446 g/mol. The molecule has 0 atom stereocenters. The van der Waals surface area contributed by atoms with Crippen molar-refractivity contribution in [3.8, 4) is 28.3 Å². The number of ether oxygens (including phenoxy) is 1. The van der Waals surface area contributed by atoms with E-state index in [9.17, 15) is 4.79 Å². The zero-order chi connectivity index (χ0) is 23.6. The van der Waals surface area contributed by atoms with Crippen LogP contribution < -0.4 is 15.0 Å². The first-order chi connectivity index (χ1) is 15.7. The average Bonchev–Trinajstić information content (AvgIpc) is 2.77. The summed E-state index contributed by atoms with van der Waals surface area (Å²) < 4.78 is 5.25. The molecule has 0 amide bonds. The Labute approximate surface area is 194 Å². The lowest BCUT2D eigenvalue weighted by Gasteiger charge is -2.48. The van der Waals surface area contributed by atoms with Crippen molar-refractivity contribution in [2.45, 2.75) is 57.7 Å². The maximum absolute atomic E-state index is 11.1. The molecule has 1 aromatic carbocycles. The van der Waals surface area contributed by atoms with Crippen molar-refractivity contribution in [2.24, 2.45) is 0 Å². The lowest BCUT2D eigenvalue weighted by molar-refractivity contribution is -0.120. The van der Waals surface area contributed by atoms with Crippen molar-refractivity contribution < 1.29 is 9.53 Å². The number of nitrogens with one attached hydrogen (secondary N) is 1. The maximum Gasteiger partial charge on any atom is 0.298 e. The van der Waals surface area contributed by atoms with Gasteiger partial charge >= 0.3 is 0 Å². The van der Waals surface area contributed by atoms with Gasteiger partial charge in [0, 0.05) is 41.5 Å². The summed E-state index contributed by atoms with van der Waals surface area (Å²) in [6.07, 6.45) is 5.34. The number of piperidine rings is 1. The van der Waals surface area contributed by atoms with Crippen LogP contribution in [0.4, 0.5) is 5.95 Å². The molecule has 2 aromatic heterocycles. The van der Waals surface area contributed by atoms with E-state index in [1.807, 2.05) is 37.4 Å². The summed E-state index contributed by atoms with van der Waals surface area (Å²) in [6.45, 7) is 9.30. The highest BCUT2D eigenvalue weighted by Crippen LogP contribution is 2.34. The van der Waals surface area contributed by atoms with Crippen molar-refractivity contribution in [2.75, 3.05) is 11.9 Å². The molecule has 33 heavy (non-hydrogen) atoms. The molecule has 8 heteroatoms. The number of benzene rings is 1. The van der Waals surface area contributed by atoms with Crippen LogP contribution in [0, 0.1) is 0 Å². The minimum Gasteiger partial charge on any atom is -0.428 e. The third-order valence-electron chi connectivity index (χ3n) is 5.97. The summed E-state index contributed by atoms with van der Waals surface area (Å²) >= 11 is 0. The van der Waals surface area contributed by atoms with E-state index in [0.29, 0.717) is 29.4 Å². The van der Waals surface area contributed by atoms with E-state index in [-0.39, 0.29) is 17.1 Å². The molecule has 1 saturated heterocycles. The summed E-state index contributed by atoms with van der Waals surface area (Å²) in [4.78, 5) is 22.2. The number of hydrogen-bond acceptors (Lipinski definition) is 8. The van der Waals surface area contributed by atoms with Crippen LogP contribution in [0.5, 0.6) is 5.75 Å². The van der Waals surface area contributed by atoms with Gasteiger partial charge in [0.2, 0.25) is 5.95 Å². The van der Waals surface area contributed by atoms with Crippen molar-refractivity contribution >= 4 is 12.4 Å². The van der Waals surface area contributed by atoms with Gasteiger partial charge in [-0.25, -0.2) is 4.98 Å². The van der Waals surface area contributed by atoms with Gasteiger partial charge in [-0.15, -0.1) is 10.2 Å². The van der Waals surface area contributed by atoms with Gasteiger partial charge in [0.25, 0.3) is 6.47 Å². The molecule has 1 N–H and O–H groups in total. The molecule has 0 radical (unpaired) electrons. The lowest BCUT2D eigenvalue weighted by atomic mass is 9.79. The normalized spacial score (nSPS) is 17.4. The van der Waals surface area contributed by atoms with Gasteiger partial charge in [0.1, 0.15) is 11.4 Å². The molecular weight excluding hydrogens is 416 g/mol. The van der Waals surface area contributed by atoms with E-state index in [0.717, 1.165) is 24.1 Å². The van der Waals surface area contributed by atoms with Crippen molar-refractivity contribution in [3.63, 3.8) is 0 Å². The zero-order valence-corrected chi connectivity index (χ0v) is 19.7. The third kappa shape index (κ3) is 5.17. The summed E-state index contributed by atoms with van der Waals surface area (Å²) in [6, 6.07) is 11.5. The number of rotatable bonds is 6. The Morgan fingerprint density at radius 2 is 1.79 bits per heavy atom. The van der Waals surface area contributed by atoms with Crippen LogP contribution in [-0.2, 0) is 4.79 Å². The summed E-state index contributed by atoms with van der Waals surface area (Å²) in [7, 11) is 2.02. The van der Waals surface area contributed by atoms with Crippen molar-refractivity contribution in [1.82, 2.24) is 25.5 Å². The number of hydrogen-bond donors (Lipinski definition) is 1. The molecule has 0 spiro atoms. The van der Waals surface area contributed by atoms with Crippen LogP contribution in [0.25, 0.3) is 22.5 Å². The third-order valence-corrected chi connectivity index (χ3v) is 5.97. The van der Waals surface area contributed by atoms with Crippen molar-refractivity contribution in [3.05, 3.63) is 48.8 Å². The van der Waals surface area contributed by atoms with Gasteiger partial charge in [-0.1, -0.05) is 12.1 Å². The number of aromatic nitrogens is 4. The number of pyridine rings is 1. The van der Waals surface area contributed by atoms with Gasteiger partial charge < -0.3 is 15.0 Å². The highest BCUT2D eigenvalue weighted by Gasteiger charge is 2.39. The molecule has 0 unspecified atom stereocenters. The second kappa shape index (κ2) is 8.86. The van der Waals surface area contributed by atoms with Gasteiger partial charge in [-0.05, 0) is 64.8 Å². The molecule has 0 bridgehead atoms. The largest absolute Gasteiger partial charge is 0.428 e. The topological polar surface area (TPSA) is 93.1 Å². The van der Waals surface area contributed by atoms with Gasteiger partial charge in [-0.3, -0.25) is 9.78 Å². The Morgan fingerprint density at radius 1 is 1.03 bits per heavy atom. The number of nitrogens with zero attached hydrogens (tertiary/aromatic N) is 5. The second-order valence-electron chi connectivity index (χ2n) is 9.85. The quantitative estimate of drug-likeness (QED) is 0.570. The van der Waals surface area contributed by atoms with Crippen molar-refractivity contribution in [1.29, 1.82) is 0 Å². The summed E-state index contributed by atoms with van der Waals surface area (Å²) in [5, 5.41) is 12.5. The Balaban J connectivity index is 1.59. The Morgan fingerprint density at radius 3 is 2.39 bits per heavy atom. The van der Waals surface area contributed by atoms with Crippen LogP contribution >= 0.6 is 0 Å². The van der Waals surface area contributed by atoms with E-state index < -0.39 is 0 Å². The first-order valence-electron chi connectivity index (χ1n) is 11.1. The molecule has 4 rings (SSSR count). The molecule has 172 valence electrons. The van der Waals surface area contributed by atoms with Crippen LogP contribution in [0.15, 0.2) is 48.8 Å². The van der Waals surface area contributed by atoms with Crippen LogP contribution in [-0.4, -0.2) is 50.8 Å². The fourth-order valence-corrected chi connectivity index (χ4v) is 4.84. The Bertz CT molecular complexity index is 1100. The Hall–Kier alpha value is -3.39. The summed E-state index contributed by atoms with van der Waals surface area (Å²) in [5.41, 5.74) is 2.83. The molecule has 0 saturated carbocycles. The standard InChI is InChI=1S/C25H30N6O2/c1-24(2)13-18(14-25(3,4)30-24)31(5)23-27-15-21(28-29-23)19-10-9-17(12-22(19)33-16-32)20-8-6-7-11-26-20/h6-12,15-16,18,30H,13-14H2,1-5H3. The predicted molar refractivity (Wildman–Crippen MR) is 128 cm³/mol. The molecule has 1 aliphatic heterocycles. The highest BCUT2D eigenvalue weighted by atomic mass is 16.5. The van der Waals surface area contributed by atoms with E-state index in [4.69, 9.17) is 4.74 Å². The number of anilines is 1. The fourth-order valence-electron chi connectivity index (χ4n) is 4.84. The second-order valence-corrected chi connectivity index (χ2v) is 9.85. The fraction of sp³-hybridized carbons (Fsp3) is 0.400. The SMILES string of the molecule is CN(c1ncc(-c2ccc(-c3ccccn3)cc2OC=O)nn1)C1CC(C)(C)NC(C)(C)C1. The van der Waals surface area contributed by atoms with E-state index >= 15 is 0 Å². The van der Waals surface area contributed by atoms with Crippen LogP contribution in [0.2, 0.25) is 0 Å². The van der Waals surface area contributed by atoms with E-state index in [2.05, 4.69) is 58.1 Å². The molecule has 3 heterocycles. The first kappa shape index (κ1) is 22.8. The van der Waals surface area contributed by atoms with Gasteiger partial charge in [0.15, 0.2) is 0 Å². The smallest absolute Gasteiger partial charge is 0.298 e. The molecule has 8 nitrogen and oxygen atoms in total. The maximum atomic E-state index is 11.1. The molecule has 0 aliphatic carbocycles. The predicted octanol–water partition coefficient (Wildman–Crippen LogP) is 3.88. The lowest BCUT2D eigenvalue weighted by Crippen LogP contribution is -2.62. The zero-order valence-electron chi connectivity index (χ0n) is 19.7. The summed E-state index contributed by atoms with van der Waals surface area (Å²) in [5.74, 6) is 0.951. The molecule has 1 aliphatic rings. The minimum atomic E-state index is 0.0183. The molecule has 1 fully saturated rings. The van der Waals surface area contributed by atoms with Gasteiger partial charge in [-0.2, -0.15) is 0 Å². The minimum absolute atomic E-state index is 0.0183. The highest BCUT2D eigenvalue weighted by molar-refractivity contribution is 5.74. The van der Waals surface area contributed by atoms with E-state index in [1.54, 1.807) is 18.5 Å². The average molecular weight is 447 g/mol. The first-order valence-corrected chi connectivity index (χ1v) is 11.1. The molecule has 3 aromatic rings. The van der Waals surface area contributed by atoms with E-state index in [1.165, 1.54) is 0 Å². The molecular formula is C25H30N6O2. The number of carbonyl (C=O) groups is 1.